The van der Waals surface area contributed by atoms with E-state index in [2.05, 4.69) is 5.32 Å². The van der Waals surface area contributed by atoms with E-state index in [-0.39, 0.29) is 24.5 Å². The van der Waals surface area contributed by atoms with Crippen LogP contribution in [0.1, 0.15) is 82.6 Å². The molecular weight excluding hydrogens is 450 g/mol. The minimum absolute atomic E-state index is 0.206. The average molecular weight is 494 g/mol. The molecule has 0 aliphatic heterocycles. The van der Waals surface area contributed by atoms with Gasteiger partial charge in [-0.25, -0.2) is 0 Å². The van der Waals surface area contributed by atoms with Gasteiger partial charge in [0.25, 0.3) is 10.1 Å². The Morgan fingerprint density at radius 1 is 0.879 bits per heavy atom. The number of Topliss-reactive ketones (excluding diaryl/α,β-unsaturated/α-hetero) is 2. The van der Waals surface area contributed by atoms with E-state index in [4.69, 9.17) is 14.0 Å². The molecule has 0 aromatic heterocycles. The van der Waals surface area contributed by atoms with Gasteiger partial charge in [0.15, 0.2) is 11.6 Å². The third-order valence-corrected chi connectivity index (χ3v) is 6.26. The summed E-state index contributed by atoms with van der Waals surface area (Å²) < 4.78 is 42.5. The molecule has 0 aromatic rings. The molecule has 0 spiro atoms. The third-order valence-electron chi connectivity index (χ3n) is 5.54. The predicted molar refractivity (Wildman–Crippen MR) is 127 cm³/mol. The Bertz CT molecular complexity index is 816. The maximum Gasteiger partial charge on any atom is 0.266 e. The van der Waals surface area contributed by atoms with Crippen LogP contribution in [0.25, 0.3) is 0 Å². The lowest BCUT2D eigenvalue weighted by Gasteiger charge is -2.44. The second kappa shape index (κ2) is 10.9. The number of ketones is 2. The van der Waals surface area contributed by atoms with E-state index in [9.17, 15) is 22.8 Å². The Kier molecular flexibility index (Phi) is 10.5. The van der Waals surface area contributed by atoms with Gasteiger partial charge in [-0.3, -0.25) is 18.9 Å². The van der Waals surface area contributed by atoms with Crippen molar-refractivity contribution in [3.05, 3.63) is 0 Å². The molecule has 2 atom stereocenters. The van der Waals surface area contributed by atoms with Gasteiger partial charge < -0.3 is 14.8 Å². The number of carbonyl (C=O) groups excluding carboxylic acids is 3. The van der Waals surface area contributed by atoms with Gasteiger partial charge >= 0.3 is 0 Å². The van der Waals surface area contributed by atoms with Crippen molar-refractivity contribution in [2.45, 2.75) is 106 Å². The molecule has 0 bridgehead atoms. The number of carbonyl (C=O) groups is 3. The molecule has 0 fully saturated rings. The number of amides is 1. The van der Waals surface area contributed by atoms with E-state index in [1.165, 1.54) is 0 Å². The largest absolute Gasteiger partial charge is 0.365 e. The molecule has 0 radical (unpaired) electrons. The van der Waals surface area contributed by atoms with Gasteiger partial charge in [0.05, 0.1) is 28.8 Å². The first-order valence-corrected chi connectivity index (χ1v) is 12.7. The third kappa shape index (κ3) is 10.6. The van der Waals surface area contributed by atoms with Crippen molar-refractivity contribution in [1.29, 1.82) is 0 Å². The molecule has 0 aliphatic rings. The highest BCUT2D eigenvalue weighted by Crippen LogP contribution is 2.39. The highest BCUT2D eigenvalue weighted by atomic mass is 32.2. The van der Waals surface area contributed by atoms with Crippen LogP contribution in [0.3, 0.4) is 0 Å². The molecule has 2 N–H and O–H groups in total. The zero-order valence-corrected chi connectivity index (χ0v) is 22.8. The van der Waals surface area contributed by atoms with Crippen molar-refractivity contribution in [2.24, 2.45) is 10.8 Å². The van der Waals surface area contributed by atoms with Crippen LogP contribution in [0.15, 0.2) is 0 Å². The smallest absolute Gasteiger partial charge is 0.266 e. The van der Waals surface area contributed by atoms with E-state index in [1.807, 2.05) is 20.8 Å². The van der Waals surface area contributed by atoms with E-state index < -0.39 is 56.0 Å². The van der Waals surface area contributed by atoms with Gasteiger partial charge in [-0.05, 0) is 41.5 Å². The summed E-state index contributed by atoms with van der Waals surface area (Å²) in [4.78, 5) is 38.7. The molecule has 0 heterocycles. The van der Waals surface area contributed by atoms with Crippen molar-refractivity contribution in [2.75, 3.05) is 12.3 Å². The van der Waals surface area contributed by atoms with Crippen molar-refractivity contribution in [1.82, 2.24) is 5.32 Å². The maximum atomic E-state index is 13.2. The van der Waals surface area contributed by atoms with Crippen molar-refractivity contribution >= 4 is 27.6 Å². The first-order chi connectivity index (χ1) is 14.4. The second-order valence-electron chi connectivity index (χ2n) is 11.4. The topological polar surface area (TPSA) is 136 Å². The normalized spacial score (nSPS) is 15.6. The van der Waals surface area contributed by atoms with Gasteiger partial charge in [-0.15, -0.1) is 0 Å². The number of ether oxygens (including phenoxy) is 2. The molecule has 9 nitrogen and oxygen atoms in total. The molecule has 10 heteroatoms. The first-order valence-electron chi connectivity index (χ1n) is 11.1. The van der Waals surface area contributed by atoms with Gasteiger partial charge in [-0.1, -0.05) is 34.6 Å². The minimum Gasteiger partial charge on any atom is -0.365 e. The molecule has 0 saturated heterocycles. The molecule has 0 rings (SSSR count). The predicted octanol–water partition coefficient (Wildman–Crippen LogP) is 2.96. The maximum absolute atomic E-state index is 13.2. The molecular formula is C23H43NO8S. The summed E-state index contributed by atoms with van der Waals surface area (Å²) in [6.45, 7) is 18.8. The zero-order valence-electron chi connectivity index (χ0n) is 22.0. The standard InChI is InChI=1S/C23H43NO8S/c1-15(31-21(5,6)7)18(26)22(8,9)23(10,11)32-16(19(27)20(2,3)4)14-17(25)24-12-13-33(28,29)30/h15-16H,12-14H2,1-11H3,(H,24,25)(H,28,29,30). The summed E-state index contributed by atoms with van der Waals surface area (Å²) in [5.41, 5.74) is -3.58. The molecule has 2 unspecified atom stereocenters. The van der Waals surface area contributed by atoms with E-state index in [1.54, 1.807) is 55.4 Å². The van der Waals surface area contributed by atoms with Crippen LogP contribution in [0.2, 0.25) is 0 Å². The quantitative estimate of drug-likeness (QED) is 0.396. The SMILES string of the molecule is CC(OC(C)(C)C)C(=O)C(C)(C)C(C)(C)OC(CC(=O)NCCS(=O)(=O)O)C(=O)C(C)(C)C. The number of rotatable bonds is 12. The molecule has 0 saturated carbocycles. The molecule has 194 valence electrons. The van der Waals surface area contributed by atoms with Gasteiger partial charge in [0.1, 0.15) is 12.2 Å². The van der Waals surface area contributed by atoms with Crippen LogP contribution in [0.4, 0.5) is 0 Å². The van der Waals surface area contributed by atoms with Crippen LogP contribution < -0.4 is 5.32 Å². The highest BCUT2D eigenvalue weighted by Gasteiger charge is 2.49. The lowest BCUT2D eigenvalue weighted by Crippen LogP contribution is -2.54. The Morgan fingerprint density at radius 3 is 1.76 bits per heavy atom. The minimum atomic E-state index is -4.23. The molecule has 0 aromatic carbocycles. The number of nitrogens with one attached hydrogen (secondary N) is 1. The fourth-order valence-corrected chi connectivity index (χ4v) is 3.48. The number of hydrogen-bond acceptors (Lipinski definition) is 7. The van der Waals surface area contributed by atoms with Crippen LogP contribution >= 0.6 is 0 Å². The zero-order chi connectivity index (χ0) is 26.6. The Labute approximate surface area is 199 Å². The van der Waals surface area contributed by atoms with E-state index in [0.717, 1.165) is 0 Å². The lowest BCUT2D eigenvalue weighted by molar-refractivity contribution is -0.182. The summed E-state index contributed by atoms with van der Waals surface area (Å²) in [5, 5.41) is 2.37. The second-order valence-corrected chi connectivity index (χ2v) is 13.0. The number of hydrogen-bond donors (Lipinski definition) is 2. The van der Waals surface area contributed by atoms with Gasteiger partial charge in [0.2, 0.25) is 5.91 Å². The molecule has 1 amide bonds. The highest BCUT2D eigenvalue weighted by molar-refractivity contribution is 7.85. The van der Waals surface area contributed by atoms with Crippen LogP contribution in [0, 0.1) is 10.8 Å². The van der Waals surface area contributed by atoms with Crippen molar-refractivity contribution in [3.63, 3.8) is 0 Å². The van der Waals surface area contributed by atoms with E-state index >= 15 is 0 Å². The lowest BCUT2D eigenvalue weighted by atomic mass is 9.71. The molecule has 0 aliphatic carbocycles. The Morgan fingerprint density at radius 2 is 1.36 bits per heavy atom. The summed E-state index contributed by atoms with van der Waals surface area (Å²) in [5.74, 6) is -1.79. The Hall–Kier alpha value is -1.36. The van der Waals surface area contributed by atoms with Crippen LogP contribution in [0.5, 0.6) is 0 Å². The van der Waals surface area contributed by atoms with Gasteiger partial charge in [0, 0.05) is 12.0 Å². The van der Waals surface area contributed by atoms with Crippen molar-refractivity contribution < 1.29 is 36.8 Å². The van der Waals surface area contributed by atoms with Crippen molar-refractivity contribution in [3.8, 4) is 0 Å². The average Bonchev–Trinajstić information content (AvgIpc) is 2.55. The summed E-state index contributed by atoms with van der Waals surface area (Å²) in [6, 6.07) is 0. The van der Waals surface area contributed by atoms with Crippen LogP contribution in [-0.4, -0.2) is 66.2 Å². The Balaban J connectivity index is 5.72. The summed E-state index contributed by atoms with van der Waals surface area (Å²) in [7, 11) is -4.23. The molecule has 33 heavy (non-hydrogen) atoms. The first kappa shape index (κ1) is 31.6. The van der Waals surface area contributed by atoms with Gasteiger partial charge in [-0.2, -0.15) is 8.42 Å². The summed E-state index contributed by atoms with van der Waals surface area (Å²) >= 11 is 0. The fraction of sp³-hybridized carbons (Fsp3) is 0.870. The monoisotopic (exact) mass is 493 g/mol. The van der Waals surface area contributed by atoms with E-state index in [0.29, 0.717) is 0 Å². The summed E-state index contributed by atoms with van der Waals surface area (Å²) in [6.07, 6.45) is -2.25. The van der Waals surface area contributed by atoms with Crippen LogP contribution in [-0.2, 0) is 34.0 Å². The fourth-order valence-electron chi connectivity index (χ4n) is 3.12.